The average Bonchev–Trinajstić information content (AvgIpc) is 2.82. The fraction of sp³-hybridized carbons (Fsp3) is 1.00. The molecule has 0 spiro atoms. The van der Waals surface area contributed by atoms with Crippen LogP contribution in [0, 0.1) is 0 Å². The van der Waals surface area contributed by atoms with Crippen molar-refractivity contribution in [3.05, 3.63) is 0 Å². The molecule has 0 radical (unpaired) electrons. The smallest absolute Gasteiger partial charge is 0.184 e. The number of hydrogen-bond acceptors (Lipinski definition) is 8. The van der Waals surface area contributed by atoms with E-state index in [1.54, 1.807) is 0 Å². The molecule has 0 amide bonds. The highest BCUT2D eigenvalue weighted by Gasteiger charge is 2.44. The van der Waals surface area contributed by atoms with E-state index < -0.39 is 49.5 Å². The van der Waals surface area contributed by atoms with Crippen LogP contribution in [-0.2, 0) is 14.2 Å². The summed E-state index contributed by atoms with van der Waals surface area (Å²) in [6.07, 6.45) is -5.35. The minimum atomic E-state index is -1.19. The van der Waals surface area contributed by atoms with E-state index in [4.69, 9.17) is 24.4 Å². The Morgan fingerprint density at radius 1 is 1.15 bits per heavy atom. The largest absolute Gasteiger partial charge is 0.394 e. The Labute approximate surface area is 116 Å². The van der Waals surface area contributed by atoms with E-state index >= 15 is 0 Å². The van der Waals surface area contributed by atoms with Gasteiger partial charge in [0, 0.05) is 0 Å². The summed E-state index contributed by atoms with van der Waals surface area (Å²) >= 11 is 0. The summed E-state index contributed by atoms with van der Waals surface area (Å²) in [5, 5.41) is 47.3. The van der Waals surface area contributed by atoms with Gasteiger partial charge >= 0.3 is 0 Å². The van der Waals surface area contributed by atoms with Crippen molar-refractivity contribution in [1.29, 1.82) is 0 Å². The molecule has 2 fully saturated rings. The molecule has 2 rings (SSSR count). The number of hydrogen-bond donors (Lipinski definition) is 5. The third-order valence-corrected chi connectivity index (χ3v) is 3.65. The lowest BCUT2D eigenvalue weighted by atomic mass is 10.0. The third kappa shape index (κ3) is 3.46. The molecule has 8 nitrogen and oxygen atoms in total. The molecule has 0 saturated carbocycles. The van der Waals surface area contributed by atoms with Crippen molar-refractivity contribution >= 4 is 0 Å². The molecule has 2 heterocycles. The van der Waals surface area contributed by atoms with Gasteiger partial charge in [0.05, 0.1) is 25.9 Å². The van der Waals surface area contributed by atoms with Crippen LogP contribution in [0.25, 0.3) is 0 Å². The van der Waals surface area contributed by atoms with E-state index in [-0.39, 0.29) is 13.2 Å². The van der Waals surface area contributed by atoms with Crippen LogP contribution in [0.15, 0.2) is 0 Å². The SMILES string of the molecule is OC[C@@H]1CC[C@@H](O)[C@H](O[C@@H]2[C@@H]([C@@H](O)CO)OC[C@H]2O)O1. The third-order valence-electron chi connectivity index (χ3n) is 3.65. The lowest BCUT2D eigenvalue weighted by molar-refractivity contribution is -0.275. The van der Waals surface area contributed by atoms with Crippen LogP contribution in [0.2, 0.25) is 0 Å². The zero-order valence-corrected chi connectivity index (χ0v) is 11.0. The molecule has 0 aromatic carbocycles. The molecule has 20 heavy (non-hydrogen) atoms. The Bertz CT molecular complexity index is 301. The molecule has 0 aromatic heterocycles. The maximum absolute atomic E-state index is 9.84. The van der Waals surface area contributed by atoms with E-state index in [1.165, 1.54) is 0 Å². The Hall–Kier alpha value is -0.320. The van der Waals surface area contributed by atoms with Crippen LogP contribution >= 0.6 is 0 Å². The van der Waals surface area contributed by atoms with Crippen LogP contribution in [0.3, 0.4) is 0 Å². The Balaban J connectivity index is 1.98. The molecule has 2 saturated heterocycles. The number of aliphatic hydroxyl groups is 5. The first-order valence-corrected chi connectivity index (χ1v) is 6.75. The maximum atomic E-state index is 9.84. The highest BCUT2D eigenvalue weighted by atomic mass is 16.7. The summed E-state index contributed by atoms with van der Waals surface area (Å²) in [6.45, 7) is -0.734. The molecule has 8 heteroatoms. The Morgan fingerprint density at radius 3 is 2.55 bits per heavy atom. The van der Waals surface area contributed by atoms with E-state index in [2.05, 4.69) is 0 Å². The highest BCUT2D eigenvalue weighted by molar-refractivity contribution is 4.90. The maximum Gasteiger partial charge on any atom is 0.184 e. The number of ether oxygens (including phenoxy) is 3. The molecule has 0 bridgehead atoms. The fourth-order valence-corrected chi connectivity index (χ4v) is 2.47. The van der Waals surface area contributed by atoms with Gasteiger partial charge in [0.2, 0.25) is 0 Å². The molecule has 0 aromatic rings. The summed E-state index contributed by atoms with van der Waals surface area (Å²) in [4.78, 5) is 0. The first kappa shape index (κ1) is 16.1. The Morgan fingerprint density at radius 2 is 1.90 bits per heavy atom. The normalized spacial score (nSPS) is 43.6. The molecule has 2 aliphatic rings. The minimum Gasteiger partial charge on any atom is -0.394 e. The van der Waals surface area contributed by atoms with Gasteiger partial charge in [0.1, 0.15) is 30.5 Å². The number of aliphatic hydroxyl groups excluding tert-OH is 5. The second kappa shape index (κ2) is 7.10. The van der Waals surface area contributed by atoms with Gasteiger partial charge in [-0.2, -0.15) is 0 Å². The minimum absolute atomic E-state index is 0.0291. The van der Waals surface area contributed by atoms with Gasteiger partial charge in [-0.25, -0.2) is 0 Å². The highest BCUT2D eigenvalue weighted by Crippen LogP contribution is 2.27. The van der Waals surface area contributed by atoms with Crippen molar-refractivity contribution in [2.75, 3.05) is 19.8 Å². The van der Waals surface area contributed by atoms with Crippen LogP contribution < -0.4 is 0 Å². The predicted octanol–water partition coefficient (Wildman–Crippen LogP) is -2.66. The fourth-order valence-electron chi connectivity index (χ4n) is 2.47. The van der Waals surface area contributed by atoms with Gasteiger partial charge in [0.25, 0.3) is 0 Å². The zero-order valence-electron chi connectivity index (χ0n) is 11.0. The van der Waals surface area contributed by atoms with Crippen LogP contribution in [0.5, 0.6) is 0 Å². The Kier molecular flexibility index (Phi) is 5.70. The molecule has 0 unspecified atom stereocenters. The summed E-state index contributed by atoms with van der Waals surface area (Å²) in [7, 11) is 0. The molecule has 0 aliphatic carbocycles. The second-order valence-corrected chi connectivity index (χ2v) is 5.17. The quantitative estimate of drug-likeness (QED) is 0.372. The average molecular weight is 294 g/mol. The lowest BCUT2D eigenvalue weighted by Crippen LogP contribution is -2.49. The van der Waals surface area contributed by atoms with Crippen molar-refractivity contribution < 1.29 is 39.7 Å². The topological polar surface area (TPSA) is 129 Å². The zero-order chi connectivity index (χ0) is 14.7. The van der Waals surface area contributed by atoms with Crippen LogP contribution in [0.1, 0.15) is 12.8 Å². The van der Waals surface area contributed by atoms with E-state index in [1.807, 2.05) is 0 Å². The van der Waals surface area contributed by atoms with Crippen molar-refractivity contribution in [2.45, 2.75) is 55.8 Å². The molecule has 118 valence electrons. The van der Waals surface area contributed by atoms with Gasteiger partial charge in [-0.1, -0.05) is 0 Å². The van der Waals surface area contributed by atoms with Gasteiger partial charge in [0.15, 0.2) is 6.29 Å². The van der Waals surface area contributed by atoms with Crippen molar-refractivity contribution in [3.8, 4) is 0 Å². The molecular formula is C12H22O8. The van der Waals surface area contributed by atoms with E-state index in [0.29, 0.717) is 12.8 Å². The lowest BCUT2D eigenvalue weighted by Gasteiger charge is -2.36. The summed E-state index contributed by atoms with van der Waals surface area (Å²) in [5.74, 6) is 0. The molecule has 2 aliphatic heterocycles. The molecule has 7 atom stereocenters. The standard InChI is InChI=1S/C12H22O8/c13-3-6-1-2-7(15)12(19-6)20-11-9(17)5-18-10(11)8(16)4-14/h6-17H,1-5H2/t6-,7+,8-,9+,10+,11-,12-/m0/s1. The molecule has 5 N–H and O–H groups in total. The summed E-state index contributed by atoms with van der Waals surface area (Å²) < 4.78 is 16.1. The predicted molar refractivity (Wildman–Crippen MR) is 64.7 cm³/mol. The van der Waals surface area contributed by atoms with Crippen LogP contribution in [0.4, 0.5) is 0 Å². The summed E-state index contributed by atoms with van der Waals surface area (Å²) in [6, 6.07) is 0. The first-order valence-electron chi connectivity index (χ1n) is 6.75. The van der Waals surface area contributed by atoms with Crippen molar-refractivity contribution in [1.82, 2.24) is 0 Å². The van der Waals surface area contributed by atoms with Gasteiger partial charge in [-0.05, 0) is 12.8 Å². The number of rotatable bonds is 5. The van der Waals surface area contributed by atoms with Gasteiger partial charge < -0.3 is 39.7 Å². The first-order chi connectivity index (χ1) is 9.56. The monoisotopic (exact) mass is 294 g/mol. The molecular weight excluding hydrogens is 272 g/mol. The van der Waals surface area contributed by atoms with Crippen molar-refractivity contribution in [3.63, 3.8) is 0 Å². The van der Waals surface area contributed by atoms with Gasteiger partial charge in [-0.3, -0.25) is 0 Å². The van der Waals surface area contributed by atoms with Crippen molar-refractivity contribution in [2.24, 2.45) is 0 Å². The van der Waals surface area contributed by atoms with E-state index in [0.717, 1.165) is 0 Å². The van der Waals surface area contributed by atoms with E-state index in [9.17, 15) is 15.3 Å². The second-order valence-electron chi connectivity index (χ2n) is 5.17. The van der Waals surface area contributed by atoms with Gasteiger partial charge in [-0.15, -0.1) is 0 Å². The summed E-state index contributed by atoms with van der Waals surface area (Å²) in [5.41, 5.74) is 0. The van der Waals surface area contributed by atoms with Crippen LogP contribution in [-0.4, -0.2) is 88.3 Å².